The van der Waals surface area contributed by atoms with Crippen LogP contribution in [0.2, 0.25) is 5.02 Å². The van der Waals surface area contributed by atoms with E-state index in [2.05, 4.69) is 5.32 Å². The number of nitro benzene ring substituents is 1. The van der Waals surface area contributed by atoms with Crippen LogP contribution in [0.4, 0.5) is 11.4 Å². The van der Waals surface area contributed by atoms with Crippen molar-refractivity contribution in [3.63, 3.8) is 0 Å². The third-order valence-electron chi connectivity index (χ3n) is 3.07. The second-order valence-electron chi connectivity index (χ2n) is 4.70. The van der Waals surface area contributed by atoms with Crippen LogP contribution in [0.15, 0.2) is 42.5 Å². The fourth-order valence-corrected chi connectivity index (χ4v) is 2.21. The van der Waals surface area contributed by atoms with Gasteiger partial charge in [-0.25, -0.2) is 0 Å². The molecule has 4 nitrogen and oxygen atoms in total. The van der Waals surface area contributed by atoms with Crippen LogP contribution in [0.5, 0.6) is 0 Å². The quantitative estimate of drug-likeness (QED) is 0.654. The van der Waals surface area contributed by atoms with E-state index in [0.29, 0.717) is 10.7 Å². The summed E-state index contributed by atoms with van der Waals surface area (Å²) in [5.74, 6) is 0. The average molecular weight is 291 g/mol. The first-order valence-corrected chi connectivity index (χ1v) is 6.62. The molecule has 1 unspecified atom stereocenters. The van der Waals surface area contributed by atoms with Crippen LogP contribution in [0, 0.1) is 17.0 Å². The Morgan fingerprint density at radius 2 is 2.00 bits per heavy atom. The topological polar surface area (TPSA) is 55.2 Å². The molecule has 2 aromatic rings. The van der Waals surface area contributed by atoms with Gasteiger partial charge in [-0.2, -0.15) is 0 Å². The van der Waals surface area contributed by atoms with Crippen molar-refractivity contribution in [2.45, 2.75) is 19.9 Å². The summed E-state index contributed by atoms with van der Waals surface area (Å²) in [7, 11) is 0. The molecule has 2 rings (SSSR count). The van der Waals surface area contributed by atoms with Crippen LogP contribution in [-0.2, 0) is 0 Å². The Balaban J connectivity index is 2.28. The zero-order valence-electron chi connectivity index (χ0n) is 11.3. The smallest absolute Gasteiger partial charge is 0.292 e. The molecule has 0 fully saturated rings. The van der Waals surface area contributed by atoms with Crippen molar-refractivity contribution in [2.75, 3.05) is 5.32 Å². The molecular formula is C15H15ClN2O2. The molecule has 0 saturated heterocycles. The monoisotopic (exact) mass is 290 g/mol. The Morgan fingerprint density at radius 3 is 2.65 bits per heavy atom. The van der Waals surface area contributed by atoms with Gasteiger partial charge in [-0.15, -0.1) is 0 Å². The molecule has 20 heavy (non-hydrogen) atoms. The molecule has 0 aliphatic rings. The van der Waals surface area contributed by atoms with Gasteiger partial charge in [0.25, 0.3) is 5.69 Å². The summed E-state index contributed by atoms with van der Waals surface area (Å²) in [4.78, 5) is 10.7. The zero-order chi connectivity index (χ0) is 14.7. The van der Waals surface area contributed by atoms with E-state index in [4.69, 9.17) is 11.6 Å². The largest absolute Gasteiger partial charge is 0.373 e. The van der Waals surface area contributed by atoms with Crippen molar-refractivity contribution in [2.24, 2.45) is 0 Å². The van der Waals surface area contributed by atoms with Crippen molar-refractivity contribution < 1.29 is 4.92 Å². The van der Waals surface area contributed by atoms with Crippen LogP contribution in [0.25, 0.3) is 0 Å². The third-order valence-corrected chi connectivity index (χ3v) is 3.31. The highest BCUT2D eigenvalue weighted by atomic mass is 35.5. The SMILES string of the molecule is Cc1ccc(NC(C)c2cccc(Cl)c2)c([N+](=O)[O-])c1. The lowest BCUT2D eigenvalue weighted by Crippen LogP contribution is -2.08. The number of hydrogen-bond acceptors (Lipinski definition) is 3. The highest BCUT2D eigenvalue weighted by Crippen LogP contribution is 2.29. The van der Waals surface area contributed by atoms with Crippen LogP contribution >= 0.6 is 11.6 Å². The number of aryl methyl sites for hydroxylation is 1. The molecule has 0 aromatic heterocycles. The average Bonchev–Trinajstić information content (AvgIpc) is 2.40. The highest BCUT2D eigenvalue weighted by Gasteiger charge is 2.16. The Bertz CT molecular complexity index is 644. The summed E-state index contributed by atoms with van der Waals surface area (Å²) in [6, 6.07) is 12.5. The summed E-state index contributed by atoms with van der Waals surface area (Å²) in [6.45, 7) is 3.77. The predicted octanol–water partition coefficient (Wildman–Crippen LogP) is 4.73. The van der Waals surface area contributed by atoms with Gasteiger partial charge in [-0.1, -0.05) is 29.8 Å². The van der Waals surface area contributed by atoms with Gasteiger partial charge in [-0.3, -0.25) is 10.1 Å². The number of hydrogen-bond donors (Lipinski definition) is 1. The first kappa shape index (κ1) is 14.3. The van der Waals surface area contributed by atoms with Crippen LogP contribution in [0.3, 0.4) is 0 Å². The second kappa shape index (κ2) is 5.92. The Labute approximate surface area is 122 Å². The number of nitrogens with one attached hydrogen (secondary N) is 1. The minimum Gasteiger partial charge on any atom is -0.373 e. The highest BCUT2D eigenvalue weighted by molar-refractivity contribution is 6.30. The molecule has 5 heteroatoms. The van der Waals surface area contributed by atoms with Gasteiger partial charge in [-0.05, 0) is 43.2 Å². The van der Waals surface area contributed by atoms with Gasteiger partial charge in [0.2, 0.25) is 0 Å². The predicted molar refractivity (Wildman–Crippen MR) is 81.3 cm³/mol. The molecule has 1 atom stereocenters. The fraction of sp³-hybridized carbons (Fsp3) is 0.200. The standard InChI is InChI=1S/C15H15ClN2O2/c1-10-6-7-14(15(8-10)18(19)20)17-11(2)12-4-3-5-13(16)9-12/h3-9,11,17H,1-2H3. The van der Waals surface area contributed by atoms with E-state index in [1.165, 1.54) is 0 Å². The number of nitro groups is 1. The first-order chi connectivity index (χ1) is 9.47. The summed E-state index contributed by atoms with van der Waals surface area (Å²) in [5.41, 5.74) is 2.43. The van der Waals surface area contributed by atoms with E-state index in [1.807, 2.05) is 38.1 Å². The molecule has 0 heterocycles. The molecule has 0 amide bonds. The number of benzene rings is 2. The molecular weight excluding hydrogens is 276 g/mol. The zero-order valence-corrected chi connectivity index (χ0v) is 12.0. The maximum absolute atomic E-state index is 11.1. The van der Waals surface area contributed by atoms with E-state index in [0.717, 1.165) is 11.1 Å². The van der Waals surface area contributed by atoms with E-state index >= 15 is 0 Å². The van der Waals surface area contributed by atoms with E-state index < -0.39 is 0 Å². The maximum Gasteiger partial charge on any atom is 0.292 e. The van der Waals surface area contributed by atoms with Crippen molar-refractivity contribution >= 4 is 23.0 Å². The molecule has 0 spiro atoms. The Kier molecular flexibility index (Phi) is 4.25. The van der Waals surface area contributed by atoms with Crippen LogP contribution in [0.1, 0.15) is 24.1 Å². The summed E-state index contributed by atoms with van der Waals surface area (Å²) < 4.78 is 0. The Hall–Kier alpha value is -2.07. The van der Waals surface area contributed by atoms with Crippen molar-refractivity contribution in [1.29, 1.82) is 0 Å². The maximum atomic E-state index is 11.1. The van der Waals surface area contributed by atoms with E-state index in [9.17, 15) is 10.1 Å². The molecule has 0 saturated carbocycles. The summed E-state index contributed by atoms with van der Waals surface area (Å²) >= 11 is 5.96. The normalized spacial score (nSPS) is 11.9. The minimum absolute atomic E-state index is 0.0740. The van der Waals surface area contributed by atoms with Crippen molar-refractivity contribution in [3.8, 4) is 0 Å². The van der Waals surface area contributed by atoms with Gasteiger partial charge in [0.1, 0.15) is 5.69 Å². The van der Waals surface area contributed by atoms with Crippen LogP contribution in [-0.4, -0.2) is 4.92 Å². The number of halogens is 1. The molecule has 0 radical (unpaired) electrons. The summed E-state index contributed by atoms with van der Waals surface area (Å²) in [5, 5.41) is 14.9. The first-order valence-electron chi connectivity index (χ1n) is 6.24. The van der Waals surface area contributed by atoms with Crippen molar-refractivity contribution in [1.82, 2.24) is 0 Å². The van der Waals surface area contributed by atoms with Crippen molar-refractivity contribution in [3.05, 3.63) is 68.7 Å². The molecule has 2 aromatic carbocycles. The lowest BCUT2D eigenvalue weighted by atomic mass is 10.1. The lowest BCUT2D eigenvalue weighted by Gasteiger charge is -2.16. The summed E-state index contributed by atoms with van der Waals surface area (Å²) in [6.07, 6.45) is 0. The Morgan fingerprint density at radius 1 is 1.25 bits per heavy atom. The molecule has 0 aliphatic heterocycles. The molecule has 104 valence electrons. The van der Waals surface area contributed by atoms with Crippen LogP contribution < -0.4 is 5.32 Å². The van der Waals surface area contributed by atoms with Gasteiger partial charge >= 0.3 is 0 Å². The minimum atomic E-state index is -0.375. The molecule has 0 aliphatic carbocycles. The third kappa shape index (κ3) is 3.27. The molecule has 1 N–H and O–H groups in total. The second-order valence-corrected chi connectivity index (χ2v) is 5.14. The number of nitrogens with zero attached hydrogens (tertiary/aromatic N) is 1. The van der Waals surface area contributed by atoms with Gasteiger partial charge in [0.15, 0.2) is 0 Å². The van der Waals surface area contributed by atoms with Gasteiger partial charge in [0.05, 0.1) is 4.92 Å². The van der Waals surface area contributed by atoms with E-state index in [1.54, 1.807) is 18.2 Å². The van der Waals surface area contributed by atoms with Gasteiger partial charge in [0, 0.05) is 17.1 Å². The fourth-order valence-electron chi connectivity index (χ4n) is 2.01. The number of rotatable bonds is 4. The van der Waals surface area contributed by atoms with E-state index in [-0.39, 0.29) is 16.7 Å². The number of anilines is 1. The van der Waals surface area contributed by atoms with Gasteiger partial charge < -0.3 is 5.32 Å². The molecule has 0 bridgehead atoms. The lowest BCUT2D eigenvalue weighted by molar-refractivity contribution is -0.384.